The SMILES string of the molecule is COC(=O)c1nccnc1N(CC(F)(F)F)S(=O)(=O)Cc1ccc(Cl)cc1Cl.COC(=O)c1nccnc1NS(=O)(=O)Cc1ccc(Cl)cc1Cl.O=S(=O)(OCC(F)(F)F)C(F)(F)F.O=S1(=O)C(c2ccc(Cl)cc2Cl)=C(OCC(F)(F)F)c2nccnc2N1CC(F)(F)F. The third-order valence-corrected chi connectivity index (χ3v) is 17.8. The first-order chi connectivity index (χ1) is 43.4. The van der Waals surface area contributed by atoms with Crippen molar-refractivity contribution in [3.05, 3.63) is 156 Å². The number of esters is 2. The molecule has 522 valence electrons. The second kappa shape index (κ2) is 32.1. The quantitative estimate of drug-likeness (QED) is 0.0384. The average Bonchev–Trinajstić information content (AvgIpc) is 0.730. The fraction of sp³-hybridized carbons (Fsp3) is 0.277. The molecule has 0 fully saturated rings. The van der Waals surface area contributed by atoms with Crippen LogP contribution >= 0.6 is 69.6 Å². The molecular formula is C47H34Cl6F15N9O14S4. The van der Waals surface area contributed by atoms with E-state index < -0.39 is 159 Å². The summed E-state index contributed by atoms with van der Waals surface area (Å²) in [7, 11) is -17.7. The molecule has 0 unspecified atom stereocenters. The van der Waals surface area contributed by atoms with Crippen molar-refractivity contribution in [1.29, 1.82) is 0 Å². The van der Waals surface area contributed by atoms with E-state index in [2.05, 4.69) is 48.3 Å². The lowest BCUT2D eigenvalue weighted by Crippen LogP contribution is -2.43. The third kappa shape index (κ3) is 24.1. The van der Waals surface area contributed by atoms with Crippen LogP contribution in [0.2, 0.25) is 30.1 Å². The number of halogens is 21. The van der Waals surface area contributed by atoms with Gasteiger partial charge in [0.2, 0.25) is 20.0 Å². The van der Waals surface area contributed by atoms with Gasteiger partial charge in [-0.25, -0.2) is 73.4 Å². The van der Waals surface area contributed by atoms with Crippen LogP contribution in [0.4, 0.5) is 83.3 Å². The minimum absolute atomic E-state index is 0.0155. The number of benzene rings is 3. The summed E-state index contributed by atoms with van der Waals surface area (Å²) in [4.78, 5) is 44.4. The van der Waals surface area contributed by atoms with E-state index in [1.54, 1.807) is 0 Å². The molecule has 7 rings (SSSR count). The summed E-state index contributed by atoms with van der Waals surface area (Å²) in [5, 5.41) is 0.489. The number of carbonyl (C=O) groups is 2. The van der Waals surface area contributed by atoms with E-state index in [9.17, 15) is 109 Å². The summed E-state index contributed by atoms with van der Waals surface area (Å²) in [6.45, 7) is -8.37. The Bertz CT molecular complexity index is 4280. The molecule has 3 aromatic heterocycles. The van der Waals surface area contributed by atoms with E-state index in [4.69, 9.17) is 74.3 Å². The van der Waals surface area contributed by atoms with Crippen molar-refractivity contribution < 1.29 is 128 Å². The maximum atomic E-state index is 13.2. The Labute approximate surface area is 555 Å². The predicted molar refractivity (Wildman–Crippen MR) is 309 cm³/mol. The predicted octanol–water partition coefficient (Wildman–Crippen LogP) is 12.3. The maximum absolute atomic E-state index is 13.2. The van der Waals surface area contributed by atoms with E-state index in [0.717, 1.165) is 57.2 Å². The number of hydrogen-bond donors (Lipinski definition) is 1. The number of methoxy groups -OCH3 is 2. The number of carbonyl (C=O) groups excluding carboxylic acids is 2. The van der Waals surface area contributed by atoms with E-state index in [1.165, 1.54) is 48.8 Å². The van der Waals surface area contributed by atoms with Gasteiger partial charge in [-0.05, 0) is 47.5 Å². The van der Waals surface area contributed by atoms with Crippen molar-refractivity contribution in [1.82, 2.24) is 29.9 Å². The molecule has 0 saturated carbocycles. The Balaban J connectivity index is 0.000000280. The van der Waals surface area contributed by atoms with Gasteiger partial charge < -0.3 is 14.2 Å². The highest BCUT2D eigenvalue weighted by Gasteiger charge is 2.50. The molecule has 0 saturated heterocycles. The first-order valence-corrected chi connectivity index (χ1v) is 32.4. The highest BCUT2D eigenvalue weighted by Crippen LogP contribution is 2.46. The molecule has 3 aromatic carbocycles. The molecule has 1 aliphatic rings. The molecule has 0 aliphatic carbocycles. The van der Waals surface area contributed by atoms with E-state index in [-0.39, 0.29) is 50.8 Å². The van der Waals surface area contributed by atoms with Crippen LogP contribution < -0.4 is 13.3 Å². The van der Waals surface area contributed by atoms with Crippen LogP contribution in [-0.2, 0) is 70.1 Å². The third-order valence-electron chi connectivity index (χ3n) is 10.4. The van der Waals surface area contributed by atoms with Crippen LogP contribution in [0.3, 0.4) is 0 Å². The topological polar surface area (TPSA) is 303 Å². The molecule has 23 nitrogen and oxygen atoms in total. The highest BCUT2D eigenvalue weighted by atomic mass is 35.5. The zero-order chi connectivity index (χ0) is 72.3. The first kappa shape index (κ1) is 80.7. The van der Waals surface area contributed by atoms with Crippen LogP contribution in [0.1, 0.15) is 43.4 Å². The number of fused-ring (bicyclic) bond motifs is 1. The molecule has 1 aliphatic heterocycles. The lowest BCUT2D eigenvalue weighted by molar-refractivity contribution is -0.158. The number of sulfonamides is 3. The Hall–Kier alpha value is -6.77. The van der Waals surface area contributed by atoms with Crippen molar-refractivity contribution in [2.45, 2.75) is 41.7 Å². The molecule has 0 amide bonds. The van der Waals surface area contributed by atoms with Gasteiger partial charge in [0.1, 0.15) is 23.7 Å². The number of aromatic nitrogens is 6. The van der Waals surface area contributed by atoms with Gasteiger partial charge in [0, 0.05) is 67.9 Å². The molecule has 0 atom stereocenters. The standard InChI is InChI=1S/C16H9Cl2F6N3O3S.C15H12Cl2F3N3O4S.C13H11Cl2N3O4S.C3H2F6O3S/c17-8-1-2-9(10(18)5-8)13-12(30-7-16(22,23)24)11-14(26-4-3-25-11)27(31(13,28)29)6-15(19,20)21;1-27-14(24)12-13(22-5-4-21-12)23(8-15(18,19)20)28(25,26)7-9-2-3-10(16)6-11(9)17;1-22-13(19)11-12(17-5-4-16-11)18-23(20,21)7-8-2-3-9(14)6-10(8)15;4-2(5,6)1-12-13(10,11)3(7,8)9/h1-5H,6-7H2;2-6H,7-8H2,1H3;2-6H,7H2,1H3,(H,17,18);1H2. The number of nitrogens with one attached hydrogen (secondary N) is 1. The smallest absolute Gasteiger partial charge is 0.480 e. The fourth-order valence-electron chi connectivity index (χ4n) is 6.70. The number of alkyl halides is 15. The van der Waals surface area contributed by atoms with Gasteiger partial charge in [0.25, 0.3) is 10.0 Å². The molecular weight excluding hydrogens is 1540 g/mol. The number of nitrogens with zero attached hydrogens (tertiary/aromatic N) is 8. The largest absolute Gasteiger partial charge is 0.523 e. The van der Waals surface area contributed by atoms with Gasteiger partial charge in [-0.3, -0.25) is 8.91 Å². The average molecular weight is 1570 g/mol. The Morgan fingerprint density at radius 3 is 1.52 bits per heavy atom. The van der Waals surface area contributed by atoms with E-state index in [0.29, 0.717) is 10.6 Å². The summed E-state index contributed by atoms with van der Waals surface area (Å²) in [5.74, 6) is -6.07. The lowest BCUT2D eigenvalue weighted by Gasteiger charge is -2.32. The molecule has 6 aromatic rings. The zero-order valence-corrected chi connectivity index (χ0v) is 54.1. The van der Waals surface area contributed by atoms with Gasteiger partial charge in [-0.2, -0.15) is 74.3 Å². The number of ether oxygens (including phenoxy) is 3. The number of rotatable bonds is 17. The molecule has 1 N–H and O–H groups in total. The Morgan fingerprint density at radius 2 is 1.03 bits per heavy atom. The summed E-state index contributed by atoms with van der Waals surface area (Å²) in [6, 6.07) is 11.6. The van der Waals surface area contributed by atoms with Gasteiger partial charge in [0.05, 0.1) is 30.7 Å². The Morgan fingerprint density at radius 1 is 0.568 bits per heavy atom. The zero-order valence-electron chi connectivity index (χ0n) is 46.3. The second-order valence-corrected chi connectivity index (χ2v) is 27.0. The van der Waals surface area contributed by atoms with Gasteiger partial charge in [-0.15, -0.1) is 0 Å². The van der Waals surface area contributed by atoms with Crippen molar-refractivity contribution in [2.24, 2.45) is 0 Å². The number of anilines is 3. The maximum Gasteiger partial charge on any atom is 0.523 e. The monoisotopic (exact) mass is 1570 g/mol. The lowest BCUT2D eigenvalue weighted by atomic mass is 10.1. The van der Waals surface area contributed by atoms with Crippen LogP contribution in [0, 0.1) is 0 Å². The fourth-order valence-corrected chi connectivity index (χ4v) is 13.3. The minimum atomic E-state index is -6.15. The van der Waals surface area contributed by atoms with Crippen LogP contribution in [0.15, 0.2) is 91.8 Å². The summed E-state index contributed by atoms with van der Waals surface area (Å²) >= 11 is 35.2. The van der Waals surface area contributed by atoms with Gasteiger partial charge >= 0.3 is 52.3 Å². The summed E-state index contributed by atoms with van der Waals surface area (Å²) in [5.41, 5.74) is -7.44. The van der Waals surface area contributed by atoms with Crippen molar-refractivity contribution in [2.75, 3.05) is 53.9 Å². The minimum Gasteiger partial charge on any atom is -0.480 e. The van der Waals surface area contributed by atoms with Gasteiger partial charge in [0.15, 0.2) is 47.8 Å². The van der Waals surface area contributed by atoms with Crippen molar-refractivity contribution in [3.8, 4) is 0 Å². The molecule has 4 heterocycles. The molecule has 48 heteroatoms. The summed E-state index contributed by atoms with van der Waals surface area (Å²) < 4.78 is 299. The van der Waals surface area contributed by atoms with Crippen LogP contribution in [0.5, 0.6) is 0 Å². The van der Waals surface area contributed by atoms with Crippen molar-refractivity contribution >= 4 is 150 Å². The normalized spacial score (nSPS) is 13.5. The van der Waals surface area contributed by atoms with E-state index >= 15 is 0 Å². The highest BCUT2D eigenvalue weighted by molar-refractivity contribution is 8.02. The van der Waals surface area contributed by atoms with Crippen LogP contribution in [-0.4, -0.2) is 146 Å². The Kier molecular flexibility index (Phi) is 27.2. The summed E-state index contributed by atoms with van der Waals surface area (Å²) in [6.07, 6.45) is -13.6. The number of hydrogen-bond acceptors (Lipinski definition) is 20. The first-order valence-electron chi connectivity index (χ1n) is 24.0. The molecule has 0 radical (unpaired) electrons. The van der Waals surface area contributed by atoms with Gasteiger partial charge in [-0.1, -0.05) is 87.8 Å². The second-order valence-electron chi connectivity index (χ2n) is 17.5. The van der Waals surface area contributed by atoms with Crippen LogP contribution in [0.25, 0.3) is 10.7 Å². The molecule has 0 spiro atoms. The van der Waals surface area contributed by atoms with E-state index in [1.807, 2.05) is 0 Å². The van der Waals surface area contributed by atoms with Crippen molar-refractivity contribution in [3.63, 3.8) is 0 Å². The molecule has 0 bridgehead atoms. The molecule has 95 heavy (non-hydrogen) atoms.